The molecule has 4 atom stereocenters. The maximum atomic E-state index is 13.4. The Bertz CT molecular complexity index is 1240. The first kappa shape index (κ1) is 22.7. The second kappa shape index (κ2) is 8.79. The molecule has 0 spiro atoms. The van der Waals surface area contributed by atoms with Crippen LogP contribution in [0, 0.1) is 0 Å². The fourth-order valence-corrected chi connectivity index (χ4v) is 3.58. The van der Waals surface area contributed by atoms with Gasteiger partial charge in [0.25, 0.3) is 0 Å². The SMILES string of the molecule is COc1cc(O)c2c(=O)c(O[C@@H]3O[C@@H](CO)C(O)[C@@H]3O)c(-c3ccc(OC)c(O)c3)oc2c1. The number of aliphatic hydroxyl groups excluding tert-OH is 3. The molecule has 0 saturated carbocycles. The zero-order valence-electron chi connectivity index (χ0n) is 17.6. The minimum absolute atomic E-state index is 0.0318. The Morgan fingerprint density at radius 3 is 2.36 bits per heavy atom. The Labute approximate surface area is 186 Å². The van der Waals surface area contributed by atoms with Crippen molar-refractivity contribution in [2.45, 2.75) is 24.6 Å². The predicted octanol–water partition coefficient (Wildman–Crippen LogP) is 0.706. The molecule has 176 valence electrons. The average molecular weight is 462 g/mol. The van der Waals surface area contributed by atoms with E-state index in [1.165, 1.54) is 44.6 Å². The number of benzene rings is 2. The summed E-state index contributed by atoms with van der Waals surface area (Å²) < 4.78 is 27.0. The van der Waals surface area contributed by atoms with Gasteiger partial charge in [-0.2, -0.15) is 0 Å². The highest BCUT2D eigenvalue weighted by molar-refractivity contribution is 5.88. The fourth-order valence-electron chi connectivity index (χ4n) is 3.58. The lowest BCUT2D eigenvalue weighted by Crippen LogP contribution is -2.36. The van der Waals surface area contributed by atoms with Crippen molar-refractivity contribution in [3.63, 3.8) is 0 Å². The number of rotatable bonds is 6. The fraction of sp³-hybridized carbons (Fsp3) is 0.318. The molecular weight excluding hydrogens is 440 g/mol. The van der Waals surface area contributed by atoms with Crippen LogP contribution in [0.5, 0.6) is 28.7 Å². The van der Waals surface area contributed by atoms with E-state index in [0.29, 0.717) is 0 Å². The number of methoxy groups -OCH3 is 2. The molecule has 1 aromatic heterocycles. The van der Waals surface area contributed by atoms with Crippen molar-refractivity contribution in [3.05, 3.63) is 40.6 Å². The smallest absolute Gasteiger partial charge is 0.239 e. The summed E-state index contributed by atoms with van der Waals surface area (Å²) in [6, 6.07) is 6.81. The molecule has 5 N–H and O–H groups in total. The highest BCUT2D eigenvalue weighted by atomic mass is 16.7. The van der Waals surface area contributed by atoms with E-state index in [9.17, 15) is 30.3 Å². The van der Waals surface area contributed by atoms with Crippen LogP contribution < -0.4 is 19.6 Å². The molecule has 3 aromatic rings. The first-order chi connectivity index (χ1) is 15.8. The number of aromatic hydroxyl groups is 2. The molecule has 0 aliphatic carbocycles. The number of phenols is 2. The van der Waals surface area contributed by atoms with Gasteiger partial charge in [0.2, 0.25) is 17.5 Å². The summed E-state index contributed by atoms with van der Waals surface area (Å²) in [6.45, 7) is -0.593. The van der Waals surface area contributed by atoms with E-state index in [4.69, 9.17) is 23.4 Å². The standard InChI is InChI=1S/C22H22O11/c1-29-10-6-12(25)16-14(7-10)31-20(9-3-4-13(30-2)11(24)5-9)21(18(16)27)33-22-19(28)17(26)15(8-23)32-22/h3-7,15,17,19,22-26,28H,8H2,1-2H3/t15-,17?,19-,22-/m0/s1. The van der Waals surface area contributed by atoms with Crippen LogP contribution in [0.1, 0.15) is 0 Å². The van der Waals surface area contributed by atoms with Crippen molar-refractivity contribution in [3.8, 4) is 40.1 Å². The molecule has 1 fully saturated rings. The maximum absolute atomic E-state index is 13.4. The number of ether oxygens (including phenoxy) is 4. The second-order valence-corrected chi connectivity index (χ2v) is 7.32. The predicted molar refractivity (Wildman–Crippen MR) is 113 cm³/mol. The third-order valence-corrected chi connectivity index (χ3v) is 5.32. The van der Waals surface area contributed by atoms with Crippen LogP contribution in [0.2, 0.25) is 0 Å². The first-order valence-corrected chi connectivity index (χ1v) is 9.83. The van der Waals surface area contributed by atoms with Crippen LogP contribution >= 0.6 is 0 Å². The number of phenolic OH excluding ortho intramolecular Hbond substituents is 2. The molecule has 0 bridgehead atoms. The third kappa shape index (κ3) is 3.91. The average Bonchev–Trinajstić information content (AvgIpc) is 3.07. The highest BCUT2D eigenvalue weighted by Gasteiger charge is 2.44. The molecule has 4 rings (SSSR count). The van der Waals surface area contributed by atoms with Gasteiger partial charge in [-0.1, -0.05) is 0 Å². The number of aliphatic hydroxyl groups is 3. The molecule has 2 heterocycles. The number of fused-ring (bicyclic) bond motifs is 1. The van der Waals surface area contributed by atoms with Crippen LogP contribution in [-0.4, -0.2) is 71.0 Å². The monoisotopic (exact) mass is 462 g/mol. The number of hydrogen-bond donors (Lipinski definition) is 5. The van der Waals surface area contributed by atoms with E-state index in [1.807, 2.05) is 0 Å². The van der Waals surface area contributed by atoms with Gasteiger partial charge in [-0.3, -0.25) is 4.79 Å². The van der Waals surface area contributed by atoms with Crippen molar-refractivity contribution in [2.24, 2.45) is 0 Å². The normalized spacial score (nSPS) is 22.5. The van der Waals surface area contributed by atoms with Gasteiger partial charge >= 0.3 is 0 Å². The van der Waals surface area contributed by atoms with Gasteiger partial charge in [0.15, 0.2) is 17.3 Å². The van der Waals surface area contributed by atoms with Gasteiger partial charge in [-0.25, -0.2) is 0 Å². The molecule has 11 heteroatoms. The minimum atomic E-state index is -1.58. The largest absolute Gasteiger partial charge is 0.507 e. The topological polar surface area (TPSA) is 168 Å². The molecule has 33 heavy (non-hydrogen) atoms. The lowest BCUT2D eigenvalue weighted by atomic mass is 10.1. The Kier molecular flexibility index (Phi) is 6.04. The van der Waals surface area contributed by atoms with Crippen molar-refractivity contribution in [1.82, 2.24) is 0 Å². The first-order valence-electron chi connectivity index (χ1n) is 9.83. The summed E-state index contributed by atoms with van der Waals surface area (Å²) in [4.78, 5) is 13.4. The molecule has 2 aromatic carbocycles. The van der Waals surface area contributed by atoms with Gasteiger partial charge in [0, 0.05) is 17.7 Å². The Hall–Kier alpha value is -3.51. The maximum Gasteiger partial charge on any atom is 0.239 e. The van der Waals surface area contributed by atoms with Crippen molar-refractivity contribution < 1.29 is 48.9 Å². The van der Waals surface area contributed by atoms with Crippen LogP contribution in [0.4, 0.5) is 0 Å². The summed E-state index contributed by atoms with van der Waals surface area (Å²) in [5.74, 6) is -0.896. The van der Waals surface area contributed by atoms with Crippen molar-refractivity contribution >= 4 is 11.0 Å². The summed E-state index contributed by atoms with van der Waals surface area (Å²) in [6.07, 6.45) is -5.70. The number of hydrogen-bond acceptors (Lipinski definition) is 11. The Morgan fingerprint density at radius 1 is 1.00 bits per heavy atom. The lowest BCUT2D eigenvalue weighted by molar-refractivity contribution is -0.117. The molecule has 11 nitrogen and oxygen atoms in total. The van der Waals surface area contributed by atoms with Gasteiger partial charge in [0.1, 0.15) is 40.8 Å². The Morgan fingerprint density at radius 2 is 1.76 bits per heavy atom. The quantitative estimate of drug-likeness (QED) is 0.350. The van der Waals surface area contributed by atoms with E-state index >= 15 is 0 Å². The van der Waals surface area contributed by atoms with Gasteiger partial charge < -0.3 is 48.9 Å². The molecular formula is C22H22O11. The molecule has 1 aliphatic heterocycles. The van der Waals surface area contributed by atoms with Gasteiger partial charge in [0.05, 0.1) is 20.8 Å². The van der Waals surface area contributed by atoms with Gasteiger partial charge in [-0.05, 0) is 18.2 Å². The van der Waals surface area contributed by atoms with E-state index in [-0.39, 0.29) is 39.5 Å². The summed E-state index contributed by atoms with van der Waals surface area (Å²) >= 11 is 0. The molecule has 1 aliphatic rings. The van der Waals surface area contributed by atoms with Crippen LogP contribution in [0.15, 0.2) is 39.5 Å². The van der Waals surface area contributed by atoms with E-state index in [2.05, 4.69) is 0 Å². The summed E-state index contributed by atoms with van der Waals surface area (Å²) in [5, 5.41) is 50.0. The van der Waals surface area contributed by atoms with Crippen molar-refractivity contribution in [2.75, 3.05) is 20.8 Å². The third-order valence-electron chi connectivity index (χ3n) is 5.32. The van der Waals surface area contributed by atoms with Crippen LogP contribution in [0.3, 0.4) is 0 Å². The Balaban J connectivity index is 1.92. The molecule has 0 radical (unpaired) electrons. The summed E-state index contributed by atoms with van der Waals surface area (Å²) in [7, 11) is 2.75. The molecule has 1 saturated heterocycles. The van der Waals surface area contributed by atoms with Crippen LogP contribution in [0.25, 0.3) is 22.3 Å². The zero-order chi connectivity index (χ0) is 23.9. The zero-order valence-corrected chi connectivity index (χ0v) is 17.6. The molecule has 0 amide bonds. The van der Waals surface area contributed by atoms with Gasteiger partial charge in [-0.15, -0.1) is 0 Å². The second-order valence-electron chi connectivity index (χ2n) is 7.32. The van der Waals surface area contributed by atoms with E-state index in [0.717, 1.165) is 0 Å². The highest BCUT2D eigenvalue weighted by Crippen LogP contribution is 2.39. The van der Waals surface area contributed by atoms with E-state index in [1.54, 1.807) is 0 Å². The summed E-state index contributed by atoms with van der Waals surface area (Å²) in [5.41, 5.74) is -0.633. The molecule has 1 unspecified atom stereocenters. The van der Waals surface area contributed by atoms with Crippen LogP contribution in [-0.2, 0) is 4.74 Å². The minimum Gasteiger partial charge on any atom is -0.507 e. The lowest BCUT2D eigenvalue weighted by Gasteiger charge is -2.19. The van der Waals surface area contributed by atoms with Crippen molar-refractivity contribution in [1.29, 1.82) is 0 Å². The van der Waals surface area contributed by atoms with E-state index < -0.39 is 48.1 Å².